The van der Waals surface area contributed by atoms with Crippen molar-refractivity contribution in [2.45, 2.75) is 0 Å². The van der Waals surface area contributed by atoms with Crippen LogP contribution >= 0.6 is 11.3 Å². The van der Waals surface area contributed by atoms with Gasteiger partial charge in [-0.25, -0.2) is 4.98 Å². The van der Waals surface area contributed by atoms with Crippen molar-refractivity contribution in [3.05, 3.63) is 35.8 Å². The van der Waals surface area contributed by atoms with Gasteiger partial charge < -0.3 is 4.90 Å². The van der Waals surface area contributed by atoms with Gasteiger partial charge in [-0.05, 0) is 29.6 Å². The number of hydrogen-bond donors (Lipinski definition) is 0. The summed E-state index contributed by atoms with van der Waals surface area (Å²) < 4.78 is 0. The molecule has 0 radical (unpaired) electrons. The molecule has 0 unspecified atom stereocenters. The normalized spacial score (nSPS) is 14.5. The standard InChI is InChI=1S/C11H11N3S/c1-13-8-14(10-5-3-7-15-10)11-9(13)4-2-6-12-11/h2-7H,8H2,1H3. The number of fused-ring (bicyclic) bond motifs is 1. The minimum Gasteiger partial charge on any atom is -0.353 e. The molecule has 3 nitrogen and oxygen atoms in total. The summed E-state index contributed by atoms with van der Waals surface area (Å²) in [6, 6.07) is 8.28. The van der Waals surface area contributed by atoms with E-state index in [0.29, 0.717) is 0 Å². The Kier molecular flexibility index (Phi) is 1.89. The third-order valence-electron chi connectivity index (χ3n) is 2.56. The molecule has 0 bridgehead atoms. The average molecular weight is 217 g/mol. The van der Waals surface area contributed by atoms with E-state index in [0.717, 1.165) is 12.5 Å². The van der Waals surface area contributed by atoms with E-state index in [4.69, 9.17) is 0 Å². The molecule has 0 N–H and O–H groups in total. The van der Waals surface area contributed by atoms with Gasteiger partial charge in [-0.15, -0.1) is 11.3 Å². The molecule has 15 heavy (non-hydrogen) atoms. The van der Waals surface area contributed by atoms with E-state index in [2.05, 4.69) is 45.4 Å². The minimum atomic E-state index is 0.882. The molecule has 0 fully saturated rings. The smallest absolute Gasteiger partial charge is 0.158 e. The Bertz CT molecular complexity index is 466. The first-order valence-corrected chi connectivity index (χ1v) is 5.71. The minimum absolute atomic E-state index is 0.882. The topological polar surface area (TPSA) is 19.4 Å². The monoisotopic (exact) mass is 217 g/mol. The van der Waals surface area contributed by atoms with E-state index in [1.807, 2.05) is 12.3 Å². The Morgan fingerprint density at radius 2 is 2.27 bits per heavy atom. The van der Waals surface area contributed by atoms with Crippen molar-refractivity contribution in [1.29, 1.82) is 0 Å². The quantitative estimate of drug-likeness (QED) is 0.732. The van der Waals surface area contributed by atoms with Gasteiger partial charge in [0.2, 0.25) is 0 Å². The Morgan fingerprint density at radius 3 is 3.07 bits per heavy atom. The Hall–Kier alpha value is -1.55. The molecule has 3 heterocycles. The largest absolute Gasteiger partial charge is 0.353 e. The van der Waals surface area contributed by atoms with Gasteiger partial charge in [-0.1, -0.05) is 0 Å². The van der Waals surface area contributed by atoms with Crippen molar-refractivity contribution >= 4 is 27.8 Å². The number of nitrogens with zero attached hydrogens (tertiary/aromatic N) is 3. The van der Waals surface area contributed by atoms with Gasteiger partial charge in [-0.3, -0.25) is 4.90 Å². The lowest BCUT2D eigenvalue weighted by atomic mass is 10.4. The molecule has 3 rings (SSSR count). The number of anilines is 3. The van der Waals surface area contributed by atoms with Crippen LogP contribution in [0, 0.1) is 0 Å². The molecule has 0 saturated heterocycles. The second-order valence-corrected chi connectivity index (χ2v) is 4.49. The summed E-state index contributed by atoms with van der Waals surface area (Å²) in [5.41, 5.74) is 1.20. The molecule has 0 aromatic carbocycles. The van der Waals surface area contributed by atoms with E-state index in [9.17, 15) is 0 Å². The Morgan fingerprint density at radius 1 is 1.33 bits per heavy atom. The van der Waals surface area contributed by atoms with Gasteiger partial charge >= 0.3 is 0 Å². The molecule has 2 aromatic rings. The molecule has 1 aliphatic rings. The summed E-state index contributed by atoms with van der Waals surface area (Å²) in [7, 11) is 2.09. The van der Waals surface area contributed by atoms with Crippen LogP contribution in [0.15, 0.2) is 35.8 Å². The molecular formula is C11H11N3S. The fraction of sp³-hybridized carbons (Fsp3) is 0.182. The van der Waals surface area contributed by atoms with Gasteiger partial charge in [0.25, 0.3) is 0 Å². The summed E-state index contributed by atoms with van der Waals surface area (Å²) >= 11 is 1.75. The predicted molar refractivity (Wildman–Crippen MR) is 64.0 cm³/mol. The summed E-state index contributed by atoms with van der Waals surface area (Å²) in [5, 5.41) is 3.34. The van der Waals surface area contributed by atoms with Crippen LogP contribution in [-0.4, -0.2) is 18.7 Å². The maximum absolute atomic E-state index is 4.44. The Labute approximate surface area is 92.6 Å². The molecular weight excluding hydrogens is 206 g/mol. The number of pyridine rings is 1. The van der Waals surface area contributed by atoms with Crippen LogP contribution < -0.4 is 9.80 Å². The van der Waals surface area contributed by atoms with E-state index >= 15 is 0 Å². The van der Waals surface area contributed by atoms with E-state index in [1.54, 1.807) is 11.3 Å². The molecule has 1 aliphatic heterocycles. The van der Waals surface area contributed by atoms with Crippen molar-refractivity contribution in [2.24, 2.45) is 0 Å². The number of thiophene rings is 1. The number of hydrogen-bond acceptors (Lipinski definition) is 4. The Balaban J connectivity index is 2.09. The zero-order chi connectivity index (χ0) is 10.3. The van der Waals surface area contributed by atoms with Crippen molar-refractivity contribution in [1.82, 2.24) is 4.98 Å². The second kappa shape index (κ2) is 3.24. The van der Waals surface area contributed by atoms with Crippen molar-refractivity contribution in [3.63, 3.8) is 0 Å². The maximum Gasteiger partial charge on any atom is 0.158 e. The summed E-state index contributed by atoms with van der Waals surface area (Å²) in [5.74, 6) is 1.06. The second-order valence-electron chi connectivity index (χ2n) is 3.56. The third-order valence-corrected chi connectivity index (χ3v) is 3.45. The fourth-order valence-corrected chi connectivity index (χ4v) is 2.57. The SMILES string of the molecule is CN1CN(c2cccs2)c2ncccc21. The summed E-state index contributed by atoms with van der Waals surface area (Å²) in [6.07, 6.45) is 1.85. The maximum atomic E-state index is 4.44. The van der Waals surface area contributed by atoms with Crippen LogP contribution in [0.3, 0.4) is 0 Å². The lowest BCUT2D eigenvalue weighted by Crippen LogP contribution is -2.23. The molecule has 2 aromatic heterocycles. The average Bonchev–Trinajstić information content (AvgIpc) is 2.87. The molecule has 0 amide bonds. The molecule has 0 saturated carbocycles. The molecule has 76 valence electrons. The zero-order valence-corrected chi connectivity index (χ0v) is 9.24. The highest BCUT2D eigenvalue weighted by atomic mass is 32.1. The van der Waals surface area contributed by atoms with Crippen molar-refractivity contribution in [3.8, 4) is 0 Å². The van der Waals surface area contributed by atoms with Gasteiger partial charge in [0, 0.05) is 13.2 Å². The van der Waals surface area contributed by atoms with Gasteiger partial charge in [0.1, 0.15) is 0 Å². The predicted octanol–water partition coefficient (Wildman–Crippen LogP) is 2.69. The first-order chi connectivity index (χ1) is 7.36. The highest BCUT2D eigenvalue weighted by Gasteiger charge is 2.25. The van der Waals surface area contributed by atoms with Gasteiger partial charge in [0.15, 0.2) is 5.82 Å². The van der Waals surface area contributed by atoms with Crippen molar-refractivity contribution < 1.29 is 0 Å². The third kappa shape index (κ3) is 1.29. The van der Waals surface area contributed by atoms with Crippen LogP contribution in [0.5, 0.6) is 0 Å². The number of aromatic nitrogens is 1. The lowest BCUT2D eigenvalue weighted by molar-refractivity contribution is 0.951. The van der Waals surface area contributed by atoms with Gasteiger partial charge in [0.05, 0.1) is 17.4 Å². The van der Waals surface area contributed by atoms with Crippen LogP contribution in [0.1, 0.15) is 0 Å². The van der Waals surface area contributed by atoms with Crippen LogP contribution in [0.25, 0.3) is 0 Å². The lowest BCUT2D eigenvalue weighted by Gasteiger charge is -2.15. The number of rotatable bonds is 1. The highest BCUT2D eigenvalue weighted by molar-refractivity contribution is 7.14. The van der Waals surface area contributed by atoms with E-state index in [-0.39, 0.29) is 0 Å². The highest BCUT2D eigenvalue weighted by Crippen LogP contribution is 2.39. The van der Waals surface area contributed by atoms with Gasteiger partial charge in [-0.2, -0.15) is 0 Å². The summed E-state index contributed by atoms with van der Waals surface area (Å²) in [4.78, 5) is 8.88. The molecule has 4 heteroatoms. The first-order valence-electron chi connectivity index (χ1n) is 4.83. The van der Waals surface area contributed by atoms with Crippen LogP contribution in [0.4, 0.5) is 16.5 Å². The van der Waals surface area contributed by atoms with E-state index in [1.165, 1.54) is 10.7 Å². The van der Waals surface area contributed by atoms with Crippen molar-refractivity contribution in [2.75, 3.05) is 23.5 Å². The molecule has 0 spiro atoms. The molecule has 0 aliphatic carbocycles. The first kappa shape index (κ1) is 8.73. The molecule has 0 atom stereocenters. The van der Waals surface area contributed by atoms with Crippen LogP contribution in [0.2, 0.25) is 0 Å². The van der Waals surface area contributed by atoms with Crippen LogP contribution in [-0.2, 0) is 0 Å². The fourth-order valence-electron chi connectivity index (χ4n) is 1.85. The summed E-state index contributed by atoms with van der Waals surface area (Å²) in [6.45, 7) is 0.882. The zero-order valence-electron chi connectivity index (χ0n) is 8.42. The van der Waals surface area contributed by atoms with E-state index < -0.39 is 0 Å².